The first-order valence-electron chi connectivity index (χ1n) is 11.0. The van der Waals surface area contributed by atoms with Gasteiger partial charge in [0.1, 0.15) is 0 Å². The minimum Gasteiger partial charge on any atom is -0.481 e. The molecule has 170 valence electrons. The molecular formula is C22H38N4O4. The molecule has 0 saturated heterocycles. The molecule has 1 heterocycles. The van der Waals surface area contributed by atoms with Crippen molar-refractivity contribution >= 4 is 12.0 Å². The van der Waals surface area contributed by atoms with Gasteiger partial charge in [-0.1, -0.05) is 51.6 Å². The zero-order valence-electron chi connectivity index (χ0n) is 19.2. The zero-order valence-corrected chi connectivity index (χ0v) is 19.2. The highest BCUT2D eigenvalue weighted by atomic mass is 16.5. The van der Waals surface area contributed by atoms with Crippen LogP contribution in [-0.2, 0) is 11.3 Å². The lowest BCUT2D eigenvalue weighted by Gasteiger charge is -2.48. The molecule has 8 nitrogen and oxygen atoms in total. The lowest BCUT2D eigenvalue weighted by molar-refractivity contribution is -0.137. The summed E-state index contributed by atoms with van der Waals surface area (Å²) < 4.78 is 5.37. The van der Waals surface area contributed by atoms with Gasteiger partial charge in [0.05, 0.1) is 13.0 Å². The molecule has 0 radical (unpaired) electrons. The Kier molecular flexibility index (Phi) is 8.26. The van der Waals surface area contributed by atoms with E-state index in [1.165, 1.54) is 37.0 Å². The van der Waals surface area contributed by atoms with Gasteiger partial charge in [-0.3, -0.25) is 4.79 Å². The van der Waals surface area contributed by atoms with E-state index in [4.69, 9.17) is 4.52 Å². The third-order valence-corrected chi connectivity index (χ3v) is 6.67. The maximum absolute atomic E-state index is 11.7. The molecule has 1 atom stereocenters. The van der Waals surface area contributed by atoms with E-state index >= 15 is 0 Å². The summed E-state index contributed by atoms with van der Waals surface area (Å²) in [5.41, 5.74) is 0.549. The number of nitrogens with zero attached hydrogens (tertiary/aromatic N) is 3. The van der Waals surface area contributed by atoms with Crippen molar-refractivity contribution in [2.45, 2.75) is 91.0 Å². The van der Waals surface area contributed by atoms with Gasteiger partial charge in [-0.25, -0.2) is 4.79 Å². The molecule has 30 heavy (non-hydrogen) atoms. The number of amides is 2. The number of carbonyl (C=O) groups excluding carboxylic acids is 1. The molecule has 2 rings (SSSR count). The third-order valence-electron chi connectivity index (χ3n) is 6.67. The van der Waals surface area contributed by atoms with E-state index in [1.54, 1.807) is 14.1 Å². The Morgan fingerprint density at radius 1 is 1.23 bits per heavy atom. The fourth-order valence-corrected chi connectivity index (χ4v) is 4.63. The van der Waals surface area contributed by atoms with Crippen LogP contribution in [0.4, 0.5) is 4.79 Å². The molecule has 0 aromatic carbocycles. The number of nitrogens with one attached hydrogen (secondary N) is 1. The number of aromatic nitrogens is 2. The SMILES string of the molecule is CN(C)C(=O)NCc1noc(C(CCCC2(C(C)(C)C)CCCCC2)CC(=O)O)n1. The predicted molar refractivity (Wildman–Crippen MR) is 114 cm³/mol. The second-order valence-electron chi connectivity index (χ2n) is 9.88. The average molecular weight is 423 g/mol. The second-order valence-corrected chi connectivity index (χ2v) is 9.88. The van der Waals surface area contributed by atoms with Crippen molar-refractivity contribution in [1.29, 1.82) is 0 Å². The molecule has 1 aliphatic carbocycles. The number of rotatable bonds is 9. The summed E-state index contributed by atoms with van der Waals surface area (Å²) in [7, 11) is 3.30. The first kappa shape index (κ1) is 24.2. The molecule has 2 amide bonds. The fourth-order valence-electron chi connectivity index (χ4n) is 4.63. The Labute approximate surface area is 179 Å². The summed E-state index contributed by atoms with van der Waals surface area (Å²) in [5.74, 6) is -0.480. The molecule has 1 aliphatic rings. The van der Waals surface area contributed by atoms with Crippen molar-refractivity contribution in [3.05, 3.63) is 11.7 Å². The largest absolute Gasteiger partial charge is 0.481 e. The topological polar surface area (TPSA) is 109 Å². The molecular weight excluding hydrogens is 384 g/mol. The van der Waals surface area contributed by atoms with Crippen LogP contribution >= 0.6 is 0 Å². The van der Waals surface area contributed by atoms with Crippen LogP contribution in [0.15, 0.2) is 4.52 Å². The fraction of sp³-hybridized carbons (Fsp3) is 0.818. The van der Waals surface area contributed by atoms with Gasteiger partial charge >= 0.3 is 12.0 Å². The first-order chi connectivity index (χ1) is 14.0. The number of carbonyl (C=O) groups is 2. The predicted octanol–water partition coefficient (Wildman–Crippen LogP) is 4.57. The van der Waals surface area contributed by atoms with Crippen molar-refractivity contribution in [3.63, 3.8) is 0 Å². The smallest absolute Gasteiger partial charge is 0.317 e. The molecule has 2 N–H and O–H groups in total. The Hall–Kier alpha value is -2.12. The van der Waals surface area contributed by atoms with Gasteiger partial charge in [0.15, 0.2) is 5.82 Å². The van der Waals surface area contributed by atoms with E-state index in [0.29, 0.717) is 23.6 Å². The zero-order chi connectivity index (χ0) is 22.4. The Balaban J connectivity index is 2.00. The lowest BCUT2D eigenvalue weighted by Crippen LogP contribution is -2.37. The number of hydrogen-bond donors (Lipinski definition) is 2. The average Bonchev–Trinajstić information content (AvgIpc) is 3.13. The van der Waals surface area contributed by atoms with E-state index in [-0.39, 0.29) is 30.3 Å². The normalized spacial score (nSPS) is 17.4. The van der Waals surface area contributed by atoms with Crippen LogP contribution in [0.25, 0.3) is 0 Å². The summed E-state index contributed by atoms with van der Waals surface area (Å²) in [6.07, 6.45) is 9.06. The maximum Gasteiger partial charge on any atom is 0.317 e. The molecule has 0 spiro atoms. The summed E-state index contributed by atoms with van der Waals surface area (Å²) >= 11 is 0. The molecule has 1 aromatic heterocycles. The van der Waals surface area contributed by atoms with E-state index in [2.05, 4.69) is 36.2 Å². The van der Waals surface area contributed by atoms with Gasteiger partial charge < -0.3 is 19.8 Å². The Morgan fingerprint density at radius 2 is 1.90 bits per heavy atom. The number of urea groups is 1. The van der Waals surface area contributed by atoms with E-state index in [9.17, 15) is 14.7 Å². The molecule has 0 bridgehead atoms. The van der Waals surface area contributed by atoms with Crippen molar-refractivity contribution in [2.75, 3.05) is 14.1 Å². The highest BCUT2D eigenvalue weighted by Crippen LogP contribution is 2.53. The van der Waals surface area contributed by atoms with E-state index in [1.807, 2.05) is 0 Å². The molecule has 1 saturated carbocycles. The summed E-state index contributed by atoms with van der Waals surface area (Å²) in [6.45, 7) is 7.14. The Morgan fingerprint density at radius 3 is 2.47 bits per heavy atom. The molecule has 8 heteroatoms. The van der Waals surface area contributed by atoms with Crippen molar-refractivity contribution < 1.29 is 19.2 Å². The van der Waals surface area contributed by atoms with Crippen LogP contribution in [0.2, 0.25) is 0 Å². The molecule has 1 fully saturated rings. The van der Waals surface area contributed by atoms with Crippen molar-refractivity contribution in [2.24, 2.45) is 10.8 Å². The highest BCUT2D eigenvalue weighted by Gasteiger charge is 2.41. The Bertz CT molecular complexity index is 702. The van der Waals surface area contributed by atoms with Crippen LogP contribution in [0.1, 0.15) is 96.2 Å². The van der Waals surface area contributed by atoms with Gasteiger partial charge in [-0.2, -0.15) is 4.98 Å². The van der Waals surface area contributed by atoms with Crippen molar-refractivity contribution in [1.82, 2.24) is 20.4 Å². The summed E-state index contributed by atoms with van der Waals surface area (Å²) in [4.78, 5) is 28.8. The minimum atomic E-state index is -0.871. The number of carboxylic acid groups (broad SMARTS) is 1. The number of carboxylic acids is 1. The van der Waals surface area contributed by atoms with Crippen LogP contribution in [-0.4, -0.2) is 46.2 Å². The van der Waals surface area contributed by atoms with Gasteiger partial charge in [0.2, 0.25) is 5.89 Å². The van der Waals surface area contributed by atoms with Crippen LogP contribution in [0.3, 0.4) is 0 Å². The molecule has 1 unspecified atom stereocenters. The van der Waals surface area contributed by atoms with Gasteiger partial charge in [0, 0.05) is 20.0 Å². The summed E-state index contributed by atoms with van der Waals surface area (Å²) in [5, 5.41) is 16.0. The first-order valence-corrected chi connectivity index (χ1v) is 11.0. The highest BCUT2D eigenvalue weighted by molar-refractivity contribution is 5.73. The number of hydrogen-bond acceptors (Lipinski definition) is 5. The molecule has 0 aliphatic heterocycles. The molecule has 1 aromatic rings. The standard InChI is InChI=1S/C22H38N4O4/c1-21(2,3)22(11-7-6-8-12-22)13-9-10-16(14-18(27)28)19-24-17(25-30-19)15-23-20(29)26(4)5/h16H,6-15H2,1-5H3,(H,23,29)(H,27,28). The van der Waals surface area contributed by atoms with Crippen LogP contribution in [0, 0.1) is 10.8 Å². The van der Waals surface area contributed by atoms with Crippen LogP contribution in [0.5, 0.6) is 0 Å². The van der Waals surface area contributed by atoms with Gasteiger partial charge in [0.25, 0.3) is 0 Å². The van der Waals surface area contributed by atoms with E-state index in [0.717, 1.165) is 12.8 Å². The maximum atomic E-state index is 11.7. The summed E-state index contributed by atoms with van der Waals surface area (Å²) in [6, 6.07) is -0.247. The second kappa shape index (κ2) is 10.3. The van der Waals surface area contributed by atoms with Crippen LogP contribution < -0.4 is 5.32 Å². The third kappa shape index (κ3) is 6.44. The van der Waals surface area contributed by atoms with Gasteiger partial charge in [-0.15, -0.1) is 0 Å². The number of aliphatic carboxylic acids is 1. The van der Waals surface area contributed by atoms with Crippen molar-refractivity contribution in [3.8, 4) is 0 Å². The lowest BCUT2D eigenvalue weighted by atomic mass is 9.57. The quantitative estimate of drug-likeness (QED) is 0.603. The van der Waals surface area contributed by atoms with Gasteiger partial charge in [-0.05, 0) is 36.5 Å². The monoisotopic (exact) mass is 422 g/mol. The minimum absolute atomic E-state index is 0.0335. The van der Waals surface area contributed by atoms with E-state index < -0.39 is 5.97 Å².